The quantitative estimate of drug-likeness (QED) is 0.114. The Morgan fingerprint density at radius 2 is 1.70 bits per heavy atom. The van der Waals surface area contributed by atoms with E-state index in [2.05, 4.69) is 23.3 Å². The standard InChI is InChI=1S/C18H28N4O16P2/c19-6-1-2-20-16-9(6)21-5-22(16)17-13(28)10(25)8(35-17)4-34-39(30,31)38-40(32,33)37-18-14(29)11(26)12(27)15(36-18)7(24)3-23/h1-2,5,7-8,10-15,17-18,23-29H,3-4H2,(H2,19,20)(H,30,31)(H,32,33)/t7-,8-,10+,11+,12+,13?,14?,15?,17-,18+/m1/s1. The van der Waals surface area contributed by atoms with E-state index in [1.54, 1.807) is 0 Å². The summed E-state index contributed by atoms with van der Waals surface area (Å²) in [6.07, 6.45) is -15.6. The van der Waals surface area contributed by atoms with Gasteiger partial charge in [0.05, 0.1) is 25.2 Å². The smallest absolute Gasteiger partial charge is 0.397 e. The lowest BCUT2D eigenvalue weighted by atomic mass is 9.96. The number of aromatic nitrogens is 3. The number of fused-ring (bicyclic) bond motifs is 1. The SMILES string of the molecule is Nc1ccnc2c1ncn2[C@@H]1O[C@H](COP(=O)(O)OP(=O)(O)O[C@@H]2OC([C@H](O)CO)[C@@H](O)[C@H](O)C2O)[C@H](O)C1O. The lowest BCUT2D eigenvalue weighted by molar-refractivity contribution is -0.292. The van der Waals surface area contributed by atoms with Gasteiger partial charge in [-0.15, -0.1) is 0 Å². The molecule has 0 aromatic carbocycles. The molecule has 2 saturated heterocycles. The van der Waals surface area contributed by atoms with Crippen LogP contribution in [-0.2, 0) is 32.0 Å². The Kier molecular flexibility index (Phi) is 9.30. The molecule has 0 radical (unpaired) electrons. The Bertz CT molecular complexity index is 1280. The van der Waals surface area contributed by atoms with E-state index in [4.69, 9.17) is 20.3 Å². The summed E-state index contributed by atoms with van der Waals surface area (Å²) in [7, 11) is -11.1. The van der Waals surface area contributed by atoms with Crippen molar-refractivity contribution in [2.24, 2.45) is 0 Å². The summed E-state index contributed by atoms with van der Waals surface area (Å²) in [4.78, 5) is 28.0. The van der Waals surface area contributed by atoms with E-state index in [-0.39, 0.29) is 16.9 Å². The second-order valence-corrected chi connectivity index (χ2v) is 11.9. The molecule has 0 aliphatic carbocycles. The molecule has 4 heterocycles. The van der Waals surface area contributed by atoms with Gasteiger partial charge in [-0.05, 0) is 6.07 Å². The van der Waals surface area contributed by atoms with Gasteiger partial charge in [-0.3, -0.25) is 13.6 Å². The van der Waals surface area contributed by atoms with E-state index < -0.39 is 90.2 Å². The molecule has 40 heavy (non-hydrogen) atoms. The molecule has 2 aromatic heterocycles. The highest BCUT2D eigenvalue weighted by Gasteiger charge is 2.51. The number of phosphoric ester groups is 2. The first kappa shape index (κ1) is 31.3. The molecule has 0 saturated carbocycles. The number of phosphoric acid groups is 2. The number of hydrogen-bond donors (Lipinski definition) is 10. The molecule has 22 heteroatoms. The van der Waals surface area contributed by atoms with E-state index in [0.29, 0.717) is 0 Å². The van der Waals surface area contributed by atoms with Gasteiger partial charge in [0.15, 0.2) is 18.2 Å². The Morgan fingerprint density at radius 1 is 1.00 bits per heavy atom. The fraction of sp³-hybridized carbons (Fsp3) is 0.667. The van der Waals surface area contributed by atoms with Gasteiger partial charge in [-0.25, -0.2) is 19.1 Å². The number of nitrogens with two attached hydrogens (primary N) is 1. The molecular formula is C18H28N4O16P2. The fourth-order valence-corrected chi connectivity index (χ4v) is 6.25. The van der Waals surface area contributed by atoms with Crippen LogP contribution in [-0.4, -0.2) is 128 Å². The van der Waals surface area contributed by atoms with Crippen molar-refractivity contribution in [1.82, 2.24) is 14.5 Å². The topological polar surface area (TPSA) is 319 Å². The van der Waals surface area contributed by atoms with Crippen LogP contribution in [0.15, 0.2) is 18.6 Å². The normalized spacial score (nSPS) is 36.8. The first-order valence-corrected chi connectivity index (χ1v) is 14.4. The molecule has 20 nitrogen and oxygen atoms in total. The molecule has 2 aliphatic rings. The van der Waals surface area contributed by atoms with Gasteiger partial charge in [-0.1, -0.05) is 0 Å². The number of rotatable bonds is 10. The van der Waals surface area contributed by atoms with Crippen LogP contribution in [0.5, 0.6) is 0 Å². The number of imidazole rings is 1. The molecule has 226 valence electrons. The highest BCUT2D eigenvalue weighted by atomic mass is 31.3. The van der Waals surface area contributed by atoms with Crippen molar-refractivity contribution in [3.63, 3.8) is 0 Å². The summed E-state index contributed by atoms with van der Waals surface area (Å²) in [6, 6.07) is 1.49. The van der Waals surface area contributed by atoms with Gasteiger partial charge in [0.2, 0.25) is 0 Å². The van der Waals surface area contributed by atoms with Crippen LogP contribution in [0.25, 0.3) is 11.2 Å². The van der Waals surface area contributed by atoms with E-state index in [0.717, 1.165) is 0 Å². The molecule has 11 N–H and O–H groups in total. The largest absolute Gasteiger partial charge is 0.483 e. The number of ether oxygens (including phenoxy) is 2. The Hall–Kier alpha value is -1.68. The minimum absolute atomic E-state index is 0.200. The van der Waals surface area contributed by atoms with Crippen molar-refractivity contribution < 1.29 is 77.5 Å². The number of pyridine rings is 1. The van der Waals surface area contributed by atoms with Gasteiger partial charge in [0.1, 0.15) is 54.3 Å². The first-order chi connectivity index (χ1) is 18.7. The zero-order chi connectivity index (χ0) is 29.6. The zero-order valence-electron chi connectivity index (χ0n) is 20.1. The Morgan fingerprint density at radius 3 is 2.38 bits per heavy atom. The van der Waals surface area contributed by atoms with Crippen molar-refractivity contribution in [3.8, 4) is 0 Å². The van der Waals surface area contributed by atoms with Crippen molar-refractivity contribution in [2.45, 2.75) is 61.3 Å². The van der Waals surface area contributed by atoms with Crippen molar-refractivity contribution in [3.05, 3.63) is 18.6 Å². The van der Waals surface area contributed by atoms with Gasteiger partial charge >= 0.3 is 15.6 Å². The fourth-order valence-electron chi connectivity index (χ4n) is 4.09. The third-order valence-electron chi connectivity index (χ3n) is 6.12. The van der Waals surface area contributed by atoms with Crippen LogP contribution < -0.4 is 5.73 Å². The van der Waals surface area contributed by atoms with Gasteiger partial charge in [-0.2, -0.15) is 4.31 Å². The third-order valence-corrected chi connectivity index (χ3v) is 8.72. The summed E-state index contributed by atoms with van der Waals surface area (Å²) in [6.45, 7) is -1.93. The maximum atomic E-state index is 12.4. The second kappa shape index (κ2) is 11.9. The highest BCUT2D eigenvalue weighted by molar-refractivity contribution is 7.61. The van der Waals surface area contributed by atoms with Crippen LogP contribution in [0.2, 0.25) is 0 Å². The molecule has 2 aliphatic heterocycles. The predicted octanol–water partition coefficient (Wildman–Crippen LogP) is -3.96. The van der Waals surface area contributed by atoms with Crippen LogP contribution in [0.3, 0.4) is 0 Å². The number of hydrogen-bond acceptors (Lipinski definition) is 17. The van der Waals surface area contributed by atoms with Crippen molar-refractivity contribution in [2.75, 3.05) is 18.9 Å². The Balaban J connectivity index is 1.38. The first-order valence-electron chi connectivity index (χ1n) is 11.4. The Labute approximate surface area is 223 Å². The van der Waals surface area contributed by atoms with Crippen LogP contribution in [0, 0.1) is 0 Å². The summed E-state index contributed by atoms with van der Waals surface area (Å²) >= 11 is 0. The van der Waals surface area contributed by atoms with Gasteiger partial charge < -0.3 is 60.7 Å². The monoisotopic (exact) mass is 618 g/mol. The summed E-state index contributed by atoms with van der Waals surface area (Å²) in [5.41, 5.74) is 6.59. The second-order valence-electron chi connectivity index (χ2n) is 8.88. The predicted molar refractivity (Wildman–Crippen MR) is 125 cm³/mol. The third kappa shape index (κ3) is 6.37. The zero-order valence-corrected chi connectivity index (χ0v) is 21.9. The summed E-state index contributed by atoms with van der Waals surface area (Å²) in [5, 5.41) is 69.3. The molecule has 5 unspecified atom stereocenters. The molecule has 2 aromatic rings. The molecule has 4 rings (SSSR count). The molecular weight excluding hydrogens is 590 g/mol. The van der Waals surface area contributed by atoms with Crippen LogP contribution >= 0.6 is 15.6 Å². The van der Waals surface area contributed by atoms with E-state index in [9.17, 15) is 49.6 Å². The van der Waals surface area contributed by atoms with Gasteiger partial charge in [0.25, 0.3) is 0 Å². The lowest BCUT2D eigenvalue weighted by Crippen LogP contribution is -2.61. The molecule has 0 spiro atoms. The van der Waals surface area contributed by atoms with E-state index in [1.165, 1.54) is 23.2 Å². The minimum Gasteiger partial charge on any atom is -0.397 e. The highest BCUT2D eigenvalue weighted by Crippen LogP contribution is 2.61. The molecule has 2 fully saturated rings. The number of nitrogen functional groups attached to an aromatic ring is 1. The average molecular weight is 618 g/mol. The molecule has 0 bridgehead atoms. The van der Waals surface area contributed by atoms with Crippen LogP contribution in [0.1, 0.15) is 6.23 Å². The average Bonchev–Trinajstić information content (AvgIpc) is 3.43. The minimum atomic E-state index is -5.65. The van der Waals surface area contributed by atoms with E-state index >= 15 is 0 Å². The number of aliphatic hydroxyl groups is 7. The maximum Gasteiger partial charge on any atom is 0.483 e. The maximum absolute atomic E-state index is 12.4. The van der Waals surface area contributed by atoms with E-state index in [1.807, 2.05) is 0 Å². The van der Waals surface area contributed by atoms with Crippen molar-refractivity contribution >= 4 is 32.5 Å². The van der Waals surface area contributed by atoms with Gasteiger partial charge in [0, 0.05) is 6.20 Å². The number of anilines is 1. The summed E-state index contributed by atoms with van der Waals surface area (Å²) in [5.74, 6) is 0. The number of aliphatic hydroxyl groups excluding tert-OH is 7. The molecule has 0 amide bonds. The van der Waals surface area contributed by atoms with Crippen LogP contribution in [0.4, 0.5) is 5.69 Å². The number of nitrogens with zero attached hydrogens (tertiary/aromatic N) is 3. The van der Waals surface area contributed by atoms with Crippen molar-refractivity contribution in [1.29, 1.82) is 0 Å². The lowest BCUT2D eigenvalue weighted by Gasteiger charge is -2.41. The summed E-state index contributed by atoms with van der Waals surface area (Å²) < 4.78 is 49.7. The molecule has 12 atom stereocenters.